The van der Waals surface area contributed by atoms with Crippen LogP contribution < -0.4 is 0 Å². The summed E-state index contributed by atoms with van der Waals surface area (Å²) in [7, 11) is 0. The maximum atomic E-state index is 12.9. The molecule has 0 aliphatic carbocycles. The van der Waals surface area contributed by atoms with Gasteiger partial charge in [0.2, 0.25) is 5.83 Å². The van der Waals surface area contributed by atoms with Crippen LogP contribution in [-0.4, -0.2) is 11.1 Å². The molecule has 0 aromatic heterocycles. The number of carboxylic acids is 1. The number of carbonyl (C=O) groups is 1. The van der Waals surface area contributed by atoms with Crippen molar-refractivity contribution in [3.8, 4) is 0 Å². The van der Waals surface area contributed by atoms with Crippen LogP contribution in [0, 0.1) is 0 Å². The lowest BCUT2D eigenvalue weighted by Gasteiger charge is -2.09. The number of carboxylic acid groups (broad SMARTS) is 1. The SMILES string of the molecule is CCC(C=C(F)C(=O)O)c1ccccc1. The molecule has 0 amide bonds. The summed E-state index contributed by atoms with van der Waals surface area (Å²) in [6, 6.07) is 9.29. The second-order valence-corrected chi connectivity index (χ2v) is 3.25. The molecule has 0 fully saturated rings. The van der Waals surface area contributed by atoms with E-state index in [1.807, 2.05) is 37.3 Å². The Hall–Kier alpha value is -1.64. The molecular weight excluding hydrogens is 195 g/mol. The van der Waals surface area contributed by atoms with Gasteiger partial charge in [-0.1, -0.05) is 37.3 Å². The molecule has 0 aliphatic heterocycles. The first kappa shape index (κ1) is 11.4. The van der Waals surface area contributed by atoms with E-state index in [0.29, 0.717) is 6.42 Å². The minimum absolute atomic E-state index is 0.178. The van der Waals surface area contributed by atoms with Gasteiger partial charge in [0.1, 0.15) is 0 Å². The molecule has 1 unspecified atom stereocenters. The maximum Gasteiger partial charge on any atom is 0.364 e. The standard InChI is InChI=1S/C12H13FO2/c1-2-9(8-11(13)12(14)15)10-6-4-3-5-7-10/h3-9H,2H2,1H3,(H,14,15). The molecule has 15 heavy (non-hydrogen) atoms. The predicted octanol–water partition coefficient (Wildman–Crippen LogP) is 3.12. The fourth-order valence-corrected chi connectivity index (χ4v) is 1.40. The minimum atomic E-state index is -1.51. The predicted molar refractivity (Wildman–Crippen MR) is 56.3 cm³/mol. The summed E-state index contributed by atoms with van der Waals surface area (Å²) in [5, 5.41) is 8.43. The molecule has 3 heteroatoms. The number of allylic oxidation sites excluding steroid dienone is 1. The number of rotatable bonds is 4. The van der Waals surface area contributed by atoms with Gasteiger partial charge in [-0.05, 0) is 18.1 Å². The van der Waals surface area contributed by atoms with E-state index in [1.54, 1.807) is 0 Å². The second-order valence-electron chi connectivity index (χ2n) is 3.25. The summed E-state index contributed by atoms with van der Waals surface area (Å²) in [4.78, 5) is 10.3. The fourth-order valence-electron chi connectivity index (χ4n) is 1.40. The number of aliphatic carboxylic acids is 1. The van der Waals surface area contributed by atoms with Crippen molar-refractivity contribution in [2.45, 2.75) is 19.3 Å². The normalized spacial score (nSPS) is 13.6. The zero-order valence-corrected chi connectivity index (χ0v) is 8.48. The van der Waals surface area contributed by atoms with Crippen LogP contribution in [0.15, 0.2) is 42.2 Å². The van der Waals surface area contributed by atoms with Gasteiger partial charge < -0.3 is 5.11 Å². The van der Waals surface area contributed by atoms with Crippen LogP contribution in [0.4, 0.5) is 4.39 Å². The second kappa shape index (κ2) is 5.29. The highest BCUT2D eigenvalue weighted by Gasteiger charge is 2.11. The summed E-state index contributed by atoms with van der Waals surface area (Å²) < 4.78 is 12.9. The Labute approximate surface area is 88.1 Å². The maximum absolute atomic E-state index is 12.9. The van der Waals surface area contributed by atoms with E-state index in [1.165, 1.54) is 0 Å². The smallest absolute Gasteiger partial charge is 0.364 e. The Balaban J connectivity index is 2.91. The molecule has 1 N–H and O–H groups in total. The number of benzene rings is 1. The largest absolute Gasteiger partial charge is 0.476 e. The number of halogens is 1. The van der Waals surface area contributed by atoms with Crippen molar-refractivity contribution in [3.63, 3.8) is 0 Å². The molecule has 1 rings (SSSR count). The van der Waals surface area contributed by atoms with E-state index < -0.39 is 11.8 Å². The lowest BCUT2D eigenvalue weighted by molar-refractivity contribution is -0.134. The van der Waals surface area contributed by atoms with Gasteiger partial charge in [0, 0.05) is 5.92 Å². The van der Waals surface area contributed by atoms with Crippen molar-refractivity contribution in [2.75, 3.05) is 0 Å². The molecule has 0 aliphatic rings. The molecule has 0 bridgehead atoms. The van der Waals surface area contributed by atoms with E-state index in [9.17, 15) is 9.18 Å². The zero-order valence-electron chi connectivity index (χ0n) is 8.48. The quantitative estimate of drug-likeness (QED) is 0.772. The molecule has 1 aromatic carbocycles. The van der Waals surface area contributed by atoms with Gasteiger partial charge in [-0.15, -0.1) is 0 Å². The van der Waals surface area contributed by atoms with E-state index in [-0.39, 0.29) is 5.92 Å². The van der Waals surface area contributed by atoms with Crippen molar-refractivity contribution in [1.29, 1.82) is 0 Å². The highest BCUT2D eigenvalue weighted by molar-refractivity contribution is 5.84. The van der Waals surface area contributed by atoms with Crippen molar-refractivity contribution in [1.82, 2.24) is 0 Å². The molecule has 0 radical (unpaired) electrons. The van der Waals surface area contributed by atoms with E-state index >= 15 is 0 Å². The summed E-state index contributed by atoms with van der Waals surface area (Å²) in [5.74, 6) is -2.78. The molecule has 1 atom stereocenters. The van der Waals surface area contributed by atoms with Crippen LogP contribution in [0.2, 0.25) is 0 Å². The molecular formula is C12H13FO2. The molecule has 0 heterocycles. The van der Waals surface area contributed by atoms with Crippen LogP contribution in [0.5, 0.6) is 0 Å². The first-order chi connectivity index (χ1) is 7.15. The highest BCUT2D eigenvalue weighted by atomic mass is 19.1. The van der Waals surface area contributed by atoms with Gasteiger partial charge in [0.05, 0.1) is 0 Å². The Morgan fingerprint density at radius 2 is 2.07 bits per heavy atom. The van der Waals surface area contributed by atoms with Gasteiger partial charge >= 0.3 is 5.97 Å². The van der Waals surface area contributed by atoms with Crippen LogP contribution in [-0.2, 0) is 4.79 Å². The average molecular weight is 208 g/mol. The summed E-state index contributed by atoms with van der Waals surface area (Å²) in [5.41, 5.74) is 0.927. The third-order valence-corrected chi connectivity index (χ3v) is 2.22. The number of hydrogen-bond acceptors (Lipinski definition) is 1. The first-order valence-corrected chi connectivity index (χ1v) is 4.80. The zero-order chi connectivity index (χ0) is 11.3. The van der Waals surface area contributed by atoms with Crippen molar-refractivity contribution in [2.24, 2.45) is 0 Å². The van der Waals surface area contributed by atoms with E-state index in [4.69, 9.17) is 5.11 Å². The highest BCUT2D eigenvalue weighted by Crippen LogP contribution is 2.22. The van der Waals surface area contributed by atoms with Crippen molar-refractivity contribution >= 4 is 5.97 Å². The van der Waals surface area contributed by atoms with Gasteiger partial charge in [0.25, 0.3) is 0 Å². The molecule has 2 nitrogen and oxygen atoms in total. The monoisotopic (exact) mass is 208 g/mol. The molecule has 0 spiro atoms. The lowest BCUT2D eigenvalue weighted by Crippen LogP contribution is -1.99. The van der Waals surface area contributed by atoms with Gasteiger partial charge in [-0.3, -0.25) is 0 Å². The Morgan fingerprint density at radius 1 is 1.47 bits per heavy atom. The van der Waals surface area contributed by atoms with Crippen LogP contribution in [0.1, 0.15) is 24.8 Å². The first-order valence-electron chi connectivity index (χ1n) is 4.80. The Kier molecular flexibility index (Phi) is 4.03. The fraction of sp³-hybridized carbons (Fsp3) is 0.250. The summed E-state index contributed by atoms with van der Waals surface area (Å²) in [6.07, 6.45) is 1.82. The van der Waals surface area contributed by atoms with Crippen molar-refractivity contribution in [3.05, 3.63) is 47.8 Å². The van der Waals surface area contributed by atoms with Gasteiger partial charge in [0.15, 0.2) is 0 Å². The Bertz CT molecular complexity index is 357. The van der Waals surface area contributed by atoms with Gasteiger partial charge in [-0.2, -0.15) is 4.39 Å². The van der Waals surface area contributed by atoms with E-state index in [0.717, 1.165) is 11.6 Å². The van der Waals surface area contributed by atoms with E-state index in [2.05, 4.69) is 0 Å². The molecule has 80 valence electrons. The summed E-state index contributed by atoms with van der Waals surface area (Å²) in [6.45, 7) is 1.89. The topological polar surface area (TPSA) is 37.3 Å². The molecule has 0 saturated carbocycles. The lowest BCUT2D eigenvalue weighted by atomic mass is 9.96. The Morgan fingerprint density at radius 3 is 2.53 bits per heavy atom. The summed E-state index contributed by atoms with van der Waals surface area (Å²) >= 11 is 0. The van der Waals surface area contributed by atoms with Crippen molar-refractivity contribution < 1.29 is 14.3 Å². The third-order valence-electron chi connectivity index (χ3n) is 2.22. The van der Waals surface area contributed by atoms with Crippen LogP contribution in [0.25, 0.3) is 0 Å². The number of hydrogen-bond donors (Lipinski definition) is 1. The third kappa shape index (κ3) is 3.20. The van der Waals surface area contributed by atoms with Crippen LogP contribution in [0.3, 0.4) is 0 Å². The van der Waals surface area contributed by atoms with Crippen LogP contribution >= 0.6 is 0 Å². The average Bonchev–Trinajstić information content (AvgIpc) is 2.26. The molecule has 0 saturated heterocycles. The van der Waals surface area contributed by atoms with Gasteiger partial charge in [-0.25, -0.2) is 4.79 Å². The molecule has 1 aromatic rings. The minimum Gasteiger partial charge on any atom is -0.476 e.